The molecule has 688 valence electrons. The Morgan fingerprint density at radius 2 is 0.650 bits per heavy atom. The number of hydrogen-bond donors (Lipinski definition) is 17. The van der Waals surface area contributed by atoms with Crippen molar-refractivity contribution >= 4 is 118 Å². The van der Waals surface area contributed by atoms with E-state index in [4.69, 9.17) is 10.8 Å². The lowest BCUT2D eigenvalue weighted by molar-refractivity contribution is -0.141. The first kappa shape index (κ1) is 103. The fourth-order valence-electron chi connectivity index (χ4n) is 16.2. The summed E-state index contributed by atoms with van der Waals surface area (Å²) in [7, 11) is 0. The maximum Gasteiger partial charge on any atom is 0.317 e. The number of unbranched alkanes of at least 4 members (excludes halogenated alkanes) is 6. The molecule has 0 aromatic heterocycles. The fourth-order valence-corrected chi connectivity index (χ4v) is 19.2. The van der Waals surface area contributed by atoms with Gasteiger partial charge in [0.05, 0.1) is 76.5 Å². The number of carbonyl (C=O) groups excluding carboxylic acids is 5. The van der Waals surface area contributed by atoms with Crippen LogP contribution in [-0.2, 0) is 70.4 Å². The minimum Gasteiger partial charge on any atom is -0.481 e. The number of urea groups is 2. The molecule has 41 heteroatoms. The van der Waals surface area contributed by atoms with Gasteiger partial charge in [-0.1, -0.05) is 49.9 Å². The quantitative estimate of drug-likeness (QED) is 0.0334. The standard InChI is InChI=1S/C41H64N8O11S.C31H50N6O9.C10H16N2O3S/c50-34(8-4-3-7-33-40-32(28-61-33)44-41(60)45-40)42-14-5-1-2-9-35(51)43-31-12-10-29(11-13-31)21-30-22-48(26-38(56)57)19-17-46(24-36(52)53)15-6-16-47(25-37(54)55)18-20-49(23-30)27-39(58)59;32-10-3-1-2-5-27(38)33-26-8-6-24(7-9-26)17-25-18-36(22-30(43)44)15-13-34(20-28(39)40)11-4-12-35(21-29(41)42)14-16-37(19-25)23-31(45)46;13-8(14)4-2-1-3-7-9-6(5-16-7)11-10(15)12-9/h10-13,30,32-33,40H,1-9,14-28H2,(H,42,50)(H,43,51)(H,52,53)(H,54,55)(H,56,57)(H,58,59)(H2,44,45,60);6-9,25H,1-5,10-23,32H2,(H,33,38)(H,39,40)(H,41,42)(H,43,44)(H,45,46);6-7,9H,1-5H2,(H,13,14)(H2,11,12,15). The molecule has 0 radical (unpaired) electrons. The average Bonchev–Trinajstić information content (AvgIpc) is 1.67. The Labute approximate surface area is 726 Å². The zero-order valence-corrected chi connectivity index (χ0v) is 72.0. The Balaban J connectivity index is 0.000000329. The van der Waals surface area contributed by atoms with Gasteiger partial charge in [-0.25, -0.2) is 9.59 Å². The fraction of sp³-hybridized carbons (Fsp3) is 0.683. The third-order valence-electron chi connectivity index (χ3n) is 21.9. The zero-order chi connectivity index (χ0) is 89.6. The first-order valence-electron chi connectivity index (χ1n) is 42.7. The van der Waals surface area contributed by atoms with E-state index in [1.54, 1.807) is 63.5 Å². The number of anilines is 2. The third kappa shape index (κ3) is 43.9. The van der Waals surface area contributed by atoms with E-state index in [1.165, 1.54) is 0 Å². The van der Waals surface area contributed by atoms with Crippen molar-refractivity contribution in [1.82, 2.24) is 65.8 Å². The van der Waals surface area contributed by atoms with Crippen molar-refractivity contribution < 1.29 is 113 Å². The number of fused-ring (bicyclic) bond motifs is 2. The van der Waals surface area contributed by atoms with Crippen molar-refractivity contribution in [3.8, 4) is 0 Å². The molecular weight excluding hydrogens is 1640 g/mol. The third-order valence-corrected chi connectivity index (χ3v) is 25.0. The molecule has 2 aromatic carbocycles. The van der Waals surface area contributed by atoms with Crippen LogP contribution in [-0.4, -0.2) is 385 Å². The van der Waals surface area contributed by atoms with E-state index < -0.39 is 53.7 Å². The molecule has 7 amide bonds. The number of aliphatic carboxylic acids is 9. The van der Waals surface area contributed by atoms with Crippen LogP contribution < -0.4 is 43.0 Å². The number of nitrogens with zero attached hydrogens (tertiary/aromatic N) is 8. The summed E-state index contributed by atoms with van der Waals surface area (Å²) >= 11 is 3.74. The summed E-state index contributed by atoms with van der Waals surface area (Å²) in [6.45, 7) is 3.99. The Bertz CT molecular complexity index is 3600. The second kappa shape index (κ2) is 56.7. The number of carbonyl (C=O) groups is 14. The first-order chi connectivity index (χ1) is 58.8. The molecule has 6 aliphatic rings. The second-order valence-corrected chi connectivity index (χ2v) is 35.0. The van der Waals surface area contributed by atoms with Crippen LogP contribution in [0.25, 0.3) is 0 Å². The number of benzene rings is 2. The molecule has 0 bridgehead atoms. The van der Waals surface area contributed by atoms with Gasteiger partial charge in [-0.05, 0) is 131 Å². The van der Waals surface area contributed by atoms with Crippen LogP contribution in [0.1, 0.15) is 127 Å². The van der Waals surface area contributed by atoms with Crippen LogP contribution >= 0.6 is 23.5 Å². The predicted octanol–water partition coefficient (Wildman–Crippen LogP) is 2.19. The minimum atomic E-state index is -1.04. The van der Waals surface area contributed by atoms with Gasteiger partial charge in [0.2, 0.25) is 17.7 Å². The maximum atomic E-state index is 12.7. The van der Waals surface area contributed by atoms with Crippen molar-refractivity contribution in [3.05, 3.63) is 59.7 Å². The number of thioether (sulfide) groups is 2. The SMILES string of the molecule is NCCCCCC(=O)Nc1ccc(CC2CN(CC(=O)O)CCN(CC(=O)O)CCCN(CC(=O)O)CCN(CC(=O)O)C2)cc1.O=C(O)CCCCC1SCC2NC(=O)NC21.O=C(O)CN1CCCN(CC(=O)O)CCN(CC(=O)O)CC(Cc2ccc(NC(=O)CCCCCNC(=O)CCCCC3SCC4NC(=O)NC43)cc2)CN(CC(=O)O)CC1. The van der Waals surface area contributed by atoms with E-state index in [9.17, 15) is 108 Å². The van der Waals surface area contributed by atoms with Gasteiger partial charge in [0.15, 0.2) is 0 Å². The molecular formula is C82H130N16O23S2. The maximum absolute atomic E-state index is 12.7. The molecule has 6 unspecified atom stereocenters. The van der Waals surface area contributed by atoms with Gasteiger partial charge in [0.1, 0.15) is 0 Å². The summed E-state index contributed by atoms with van der Waals surface area (Å²) in [4.78, 5) is 178. The summed E-state index contributed by atoms with van der Waals surface area (Å²) in [6.07, 6.45) is 13.4. The monoisotopic (exact) mass is 1770 g/mol. The van der Waals surface area contributed by atoms with E-state index in [-0.39, 0.29) is 177 Å². The molecule has 6 heterocycles. The van der Waals surface area contributed by atoms with Crippen LogP contribution in [0.15, 0.2) is 48.5 Å². The van der Waals surface area contributed by atoms with Crippen LogP contribution in [0.3, 0.4) is 0 Å². The highest BCUT2D eigenvalue weighted by Gasteiger charge is 2.44. The normalized spacial score (nSPS) is 21.2. The van der Waals surface area contributed by atoms with E-state index in [0.717, 1.165) is 93.3 Å². The average molecular weight is 1770 g/mol. The van der Waals surface area contributed by atoms with Crippen molar-refractivity contribution in [2.24, 2.45) is 17.6 Å². The summed E-state index contributed by atoms with van der Waals surface area (Å²) in [6, 6.07) is 15.4. The largest absolute Gasteiger partial charge is 0.481 e. The smallest absolute Gasteiger partial charge is 0.317 e. The molecule has 18 N–H and O–H groups in total. The van der Waals surface area contributed by atoms with E-state index in [2.05, 4.69) is 37.2 Å². The highest BCUT2D eigenvalue weighted by molar-refractivity contribution is 8.00. The van der Waals surface area contributed by atoms with Crippen molar-refractivity contribution in [3.63, 3.8) is 0 Å². The predicted molar refractivity (Wildman–Crippen MR) is 461 cm³/mol. The molecule has 6 saturated heterocycles. The summed E-state index contributed by atoms with van der Waals surface area (Å²) in [5, 5.41) is 107. The van der Waals surface area contributed by atoms with E-state index in [0.29, 0.717) is 139 Å². The summed E-state index contributed by atoms with van der Waals surface area (Å²) in [5.74, 6) is -7.72. The summed E-state index contributed by atoms with van der Waals surface area (Å²) < 4.78 is 0. The highest BCUT2D eigenvalue weighted by Crippen LogP contribution is 2.35. The number of rotatable bonds is 43. The van der Waals surface area contributed by atoms with Crippen LogP contribution in [0.4, 0.5) is 21.0 Å². The topological polar surface area (TPSA) is 557 Å². The van der Waals surface area contributed by atoms with Crippen LogP contribution in [0.2, 0.25) is 0 Å². The molecule has 2 aromatic rings. The molecule has 39 nitrogen and oxygen atoms in total. The molecule has 6 atom stereocenters. The molecule has 123 heavy (non-hydrogen) atoms. The van der Waals surface area contributed by atoms with Gasteiger partial charge < -0.3 is 88.9 Å². The number of nitrogens with one attached hydrogen (secondary N) is 7. The van der Waals surface area contributed by atoms with Crippen molar-refractivity contribution in [2.45, 2.75) is 163 Å². The molecule has 0 saturated carbocycles. The highest BCUT2D eigenvalue weighted by atomic mass is 32.2. The Morgan fingerprint density at radius 3 is 0.976 bits per heavy atom. The second-order valence-electron chi connectivity index (χ2n) is 32.4. The van der Waals surface area contributed by atoms with Gasteiger partial charge in [-0.2, -0.15) is 23.5 Å². The van der Waals surface area contributed by atoms with Gasteiger partial charge in [-0.15, -0.1) is 0 Å². The number of amides is 7. The molecule has 0 aliphatic carbocycles. The van der Waals surface area contributed by atoms with Gasteiger partial charge in [-0.3, -0.25) is 96.7 Å². The van der Waals surface area contributed by atoms with Gasteiger partial charge in [0, 0.05) is 170 Å². The number of hydrogen-bond acceptors (Lipinski definition) is 25. The molecule has 0 spiro atoms. The van der Waals surface area contributed by atoms with Crippen molar-refractivity contribution in [2.75, 3.05) is 192 Å². The number of carboxylic acids is 9. The lowest BCUT2D eigenvalue weighted by atomic mass is 9.97. The summed E-state index contributed by atoms with van der Waals surface area (Å²) in [5.41, 5.74) is 8.57. The Morgan fingerprint density at radius 1 is 0.350 bits per heavy atom. The van der Waals surface area contributed by atoms with Gasteiger partial charge >= 0.3 is 65.8 Å². The lowest BCUT2D eigenvalue weighted by Gasteiger charge is -2.34. The minimum absolute atomic E-state index is 0.0231. The molecule has 6 fully saturated rings. The Kier molecular flexibility index (Phi) is 47.4. The van der Waals surface area contributed by atoms with Crippen LogP contribution in [0.5, 0.6) is 0 Å². The number of nitrogens with two attached hydrogens (primary N) is 1. The van der Waals surface area contributed by atoms with E-state index in [1.807, 2.05) is 47.8 Å². The molecule has 8 rings (SSSR count). The first-order valence-corrected chi connectivity index (χ1v) is 44.8. The molecule has 6 aliphatic heterocycles. The Hall–Kier alpha value is -9.04. The zero-order valence-electron chi connectivity index (χ0n) is 70.4. The van der Waals surface area contributed by atoms with Crippen LogP contribution in [0, 0.1) is 11.8 Å². The lowest BCUT2D eigenvalue weighted by Crippen LogP contribution is -2.47. The van der Waals surface area contributed by atoms with E-state index >= 15 is 0 Å². The van der Waals surface area contributed by atoms with Gasteiger partial charge in [0.25, 0.3) is 0 Å². The number of carboxylic acid groups (broad SMARTS) is 9. The van der Waals surface area contributed by atoms with Crippen molar-refractivity contribution in [1.29, 1.82) is 0 Å².